The van der Waals surface area contributed by atoms with Crippen LogP contribution in [0.4, 0.5) is 0 Å². The van der Waals surface area contributed by atoms with Gasteiger partial charge in [0.1, 0.15) is 0 Å². The summed E-state index contributed by atoms with van der Waals surface area (Å²) in [6.45, 7) is 8.17. The van der Waals surface area contributed by atoms with Crippen molar-refractivity contribution in [1.29, 1.82) is 0 Å². The van der Waals surface area contributed by atoms with E-state index in [0.29, 0.717) is 10.8 Å². The molecule has 0 spiro atoms. The van der Waals surface area contributed by atoms with E-state index in [4.69, 9.17) is 0 Å². The Morgan fingerprint density at radius 2 is 1.74 bits per heavy atom. The Labute approximate surface area is 116 Å². The van der Waals surface area contributed by atoms with Gasteiger partial charge in [0.05, 0.1) is 4.90 Å². The molecule has 2 atom stereocenters. The van der Waals surface area contributed by atoms with Gasteiger partial charge >= 0.3 is 0 Å². The standard InChI is InChI=1S/C15H23NO2S/c1-11(2)15-10-7-13(4)16(15)19(17,18)14-8-5-12(3)6-9-14/h5-6,8-9,11,13,15H,7,10H2,1-4H3/t13-,15-/m0/s1. The Balaban J connectivity index is 2.40. The van der Waals surface area contributed by atoms with Crippen LogP contribution in [0.2, 0.25) is 0 Å². The number of hydrogen-bond acceptors (Lipinski definition) is 2. The van der Waals surface area contributed by atoms with Gasteiger partial charge in [-0.05, 0) is 44.7 Å². The normalized spacial score (nSPS) is 25.1. The SMILES string of the molecule is Cc1ccc(S(=O)(=O)N2[C@@H](C)CC[C@H]2C(C)C)cc1. The van der Waals surface area contributed by atoms with E-state index < -0.39 is 10.0 Å². The molecule has 1 heterocycles. The Bertz CT molecular complexity index is 534. The molecule has 4 heteroatoms. The van der Waals surface area contributed by atoms with Crippen molar-refractivity contribution in [1.82, 2.24) is 4.31 Å². The molecule has 1 aromatic carbocycles. The molecule has 1 aromatic rings. The van der Waals surface area contributed by atoms with Gasteiger partial charge in [-0.2, -0.15) is 4.31 Å². The zero-order valence-corrected chi connectivity index (χ0v) is 12.9. The number of nitrogens with zero attached hydrogens (tertiary/aromatic N) is 1. The second kappa shape index (κ2) is 5.25. The van der Waals surface area contributed by atoms with Crippen molar-refractivity contribution in [3.8, 4) is 0 Å². The lowest BCUT2D eigenvalue weighted by molar-refractivity contribution is 0.279. The van der Waals surface area contributed by atoms with Crippen LogP contribution in [0.25, 0.3) is 0 Å². The van der Waals surface area contributed by atoms with Crippen LogP contribution >= 0.6 is 0 Å². The van der Waals surface area contributed by atoms with Gasteiger partial charge in [0.25, 0.3) is 0 Å². The van der Waals surface area contributed by atoms with Gasteiger partial charge in [-0.25, -0.2) is 8.42 Å². The first-order valence-corrected chi connectivity index (χ1v) is 8.38. The highest BCUT2D eigenvalue weighted by atomic mass is 32.2. The van der Waals surface area contributed by atoms with Crippen LogP contribution in [0.15, 0.2) is 29.2 Å². The Morgan fingerprint density at radius 3 is 2.26 bits per heavy atom. The number of benzene rings is 1. The number of hydrogen-bond donors (Lipinski definition) is 0. The molecular formula is C15H23NO2S. The van der Waals surface area contributed by atoms with Crippen molar-refractivity contribution in [3.63, 3.8) is 0 Å². The maximum absolute atomic E-state index is 12.8. The summed E-state index contributed by atoms with van der Waals surface area (Å²) in [5, 5.41) is 0. The molecule has 1 fully saturated rings. The minimum atomic E-state index is -3.37. The lowest BCUT2D eigenvalue weighted by Gasteiger charge is -2.30. The molecule has 19 heavy (non-hydrogen) atoms. The summed E-state index contributed by atoms with van der Waals surface area (Å²) in [4.78, 5) is 0.414. The molecule has 1 aliphatic heterocycles. The summed E-state index contributed by atoms with van der Waals surface area (Å²) >= 11 is 0. The average molecular weight is 281 g/mol. The van der Waals surface area contributed by atoms with E-state index in [-0.39, 0.29) is 12.1 Å². The number of aryl methyl sites for hydroxylation is 1. The van der Waals surface area contributed by atoms with Crippen molar-refractivity contribution in [3.05, 3.63) is 29.8 Å². The van der Waals surface area contributed by atoms with E-state index in [0.717, 1.165) is 18.4 Å². The van der Waals surface area contributed by atoms with Crippen LogP contribution in [0.5, 0.6) is 0 Å². The molecule has 2 rings (SSSR count). The average Bonchev–Trinajstić information content (AvgIpc) is 2.72. The summed E-state index contributed by atoms with van der Waals surface area (Å²) in [5.74, 6) is 0.352. The van der Waals surface area contributed by atoms with E-state index in [1.165, 1.54) is 0 Å². The lowest BCUT2D eigenvalue weighted by Crippen LogP contribution is -2.42. The van der Waals surface area contributed by atoms with Gasteiger partial charge in [-0.1, -0.05) is 31.5 Å². The molecule has 0 N–H and O–H groups in total. The topological polar surface area (TPSA) is 37.4 Å². The summed E-state index contributed by atoms with van der Waals surface area (Å²) < 4.78 is 27.3. The summed E-state index contributed by atoms with van der Waals surface area (Å²) in [7, 11) is -3.37. The van der Waals surface area contributed by atoms with Crippen molar-refractivity contribution < 1.29 is 8.42 Å². The molecule has 0 aromatic heterocycles. The van der Waals surface area contributed by atoms with Crippen LogP contribution in [0, 0.1) is 12.8 Å². The highest BCUT2D eigenvalue weighted by Gasteiger charge is 2.41. The van der Waals surface area contributed by atoms with Gasteiger partial charge < -0.3 is 0 Å². The fraction of sp³-hybridized carbons (Fsp3) is 0.600. The first-order chi connectivity index (χ1) is 8.84. The maximum atomic E-state index is 12.8. The second-order valence-electron chi connectivity index (χ2n) is 5.89. The molecule has 1 aliphatic rings. The molecule has 0 bridgehead atoms. The van der Waals surface area contributed by atoms with Gasteiger partial charge in [-0.3, -0.25) is 0 Å². The van der Waals surface area contributed by atoms with Gasteiger partial charge in [-0.15, -0.1) is 0 Å². The van der Waals surface area contributed by atoms with Crippen LogP contribution in [-0.4, -0.2) is 24.8 Å². The Kier molecular flexibility index (Phi) is 4.02. The fourth-order valence-electron chi connectivity index (χ4n) is 2.87. The zero-order valence-electron chi connectivity index (χ0n) is 12.1. The van der Waals surface area contributed by atoms with E-state index in [2.05, 4.69) is 13.8 Å². The van der Waals surface area contributed by atoms with Gasteiger partial charge in [0.15, 0.2) is 0 Å². The highest BCUT2D eigenvalue weighted by Crippen LogP contribution is 2.34. The molecular weight excluding hydrogens is 258 g/mol. The van der Waals surface area contributed by atoms with Gasteiger partial charge in [0.2, 0.25) is 10.0 Å². The van der Waals surface area contributed by atoms with E-state index in [1.54, 1.807) is 16.4 Å². The minimum absolute atomic E-state index is 0.0960. The van der Waals surface area contributed by atoms with Crippen molar-refractivity contribution in [2.45, 2.75) is 57.5 Å². The molecule has 0 aliphatic carbocycles. The minimum Gasteiger partial charge on any atom is -0.207 e. The van der Waals surface area contributed by atoms with Crippen molar-refractivity contribution in [2.75, 3.05) is 0 Å². The van der Waals surface area contributed by atoms with Crippen LogP contribution in [-0.2, 0) is 10.0 Å². The maximum Gasteiger partial charge on any atom is 0.243 e. The predicted octanol–water partition coefficient (Wildman–Crippen LogP) is 3.19. The third-order valence-corrected chi connectivity index (χ3v) is 6.06. The quantitative estimate of drug-likeness (QED) is 0.853. The summed E-state index contributed by atoms with van der Waals surface area (Å²) in [6.07, 6.45) is 1.91. The highest BCUT2D eigenvalue weighted by molar-refractivity contribution is 7.89. The fourth-order valence-corrected chi connectivity index (χ4v) is 4.88. The van der Waals surface area contributed by atoms with Crippen molar-refractivity contribution in [2.24, 2.45) is 5.92 Å². The van der Waals surface area contributed by atoms with Crippen LogP contribution < -0.4 is 0 Å². The molecule has 0 unspecified atom stereocenters. The molecule has 1 saturated heterocycles. The smallest absolute Gasteiger partial charge is 0.207 e. The van der Waals surface area contributed by atoms with Crippen LogP contribution in [0.3, 0.4) is 0 Å². The first-order valence-electron chi connectivity index (χ1n) is 6.94. The largest absolute Gasteiger partial charge is 0.243 e. The third-order valence-electron chi connectivity index (χ3n) is 4.01. The number of rotatable bonds is 3. The lowest BCUT2D eigenvalue weighted by atomic mass is 10.0. The first kappa shape index (κ1) is 14.5. The zero-order chi connectivity index (χ0) is 14.2. The molecule has 3 nitrogen and oxygen atoms in total. The molecule has 0 radical (unpaired) electrons. The Morgan fingerprint density at radius 1 is 1.16 bits per heavy atom. The van der Waals surface area contributed by atoms with Crippen LogP contribution in [0.1, 0.15) is 39.2 Å². The van der Waals surface area contributed by atoms with Crippen molar-refractivity contribution >= 4 is 10.0 Å². The molecule has 0 saturated carbocycles. The van der Waals surface area contributed by atoms with E-state index in [9.17, 15) is 8.42 Å². The van der Waals surface area contributed by atoms with Gasteiger partial charge in [0, 0.05) is 12.1 Å². The number of sulfonamides is 1. The summed E-state index contributed by atoms with van der Waals surface area (Å²) in [6, 6.07) is 7.37. The third kappa shape index (κ3) is 2.70. The summed E-state index contributed by atoms with van der Waals surface area (Å²) in [5.41, 5.74) is 1.08. The van der Waals surface area contributed by atoms with E-state index >= 15 is 0 Å². The predicted molar refractivity (Wildman–Crippen MR) is 77.5 cm³/mol. The second-order valence-corrected chi connectivity index (χ2v) is 7.73. The molecule has 0 amide bonds. The van der Waals surface area contributed by atoms with E-state index in [1.807, 2.05) is 26.0 Å². The monoisotopic (exact) mass is 281 g/mol. The Hall–Kier alpha value is -0.870. The molecule has 106 valence electrons.